The monoisotopic (exact) mass is 231 g/mol. The molecule has 0 spiro atoms. The second-order valence-corrected chi connectivity index (χ2v) is 4.16. The predicted molar refractivity (Wildman–Crippen MR) is 61.3 cm³/mol. The molecule has 0 aromatic carbocycles. The molecular weight excluding hydrogens is 210 g/mol. The van der Waals surface area contributed by atoms with Crippen molar-refractivity contribution < 1.29 is 14.7 Å². The Bertz CT molecular complexity index is 243. The van der Waals surface area contributed by atoms with Gasteiger partial charge in [-0.1, -0.05) is 0 Å². The zero-order valence-corrected chi connectivity index (χ0v) is 10.4. The van der Waals surface area contributed by atoms with Crippen molar-refractivity contribution in [3.8, 4) is 0 Å². The SMILES string of the molecule is CC(=O)NC(CN(C)CCN(C)C)C(=O)O. The van der Waals surface area contributed by atoms with Crippen LogP contribution in [0, 0.1) is 0 Å². The van der Waals surface area contributed by atoms with Crippen LogP contribution in [0.1, 0.15) is 6.92 Å². The standard InChI is InChI=1S/C10H21N3O3/c1-8(14)11-9(10(15)16)7-13(4)6-5-12(2)3/h9H,5-7H2,1-4H3,(H,11,14)(H,15,16). The van der Waals surface area contributed by atoms with Crippen molar-refractivity contribution in [1.29, 1.82) is 0 Å². The minimum Gasteiger partial charge on any atom is -0.480 e. The van der Waals surface area contributed by atoms with E-state index in [1.54, 1.807) is 0 Å². The van der Waals surface area contributed by atoms with Crippen LogP contribution in [0.15, 0.2) is 0 Å². The molecule has 0 aliphatic heterocycles. The minimum atomic E-state index is -1.01. The molecule has 2 N–H and O–H groups in total. The molecule has 0 saturated heterocycles. The Hall–Kier alpha value is -1.14. The molecular formula is C10H21N3O3. The largest absolute Gasteiger partial charge is 0.480 e. The van der Waals surface area contributed by atoms with Crippen LogP contribution < -0.4 is 5.32 Å². The van der Waals surface area contributed by atoms with Crippen molar-refractivity contribution in [2.45, 2.75) is 13.0 Å². The Balaban J connectivity index is 4.07. The molecule has 94 valence electrons. The molecule has 0 aromatic rings. The number of aliphatic carboxylic acids is 1. The Morgan fingerprint density at radius 2 is 1.81 bits per heavy atom. The van der Waals surface area contributed by atoms with Gasteiger partial charge < -0.3 is 20.2 Å². The van der Waals surface area contributed by atoms with Gasteiger partial charge in [-0.25, -0.2) is 4.79 Å². The lowest BCUT2D eigenvalue weighted by atomic mass is 10.2. The van der Waals surface area contributed by atoms with E-state index in [4.69, 9.17) is 5.11 Å². The van der Waals surface area contributed by atoms with Gasteiger partial charge in [0.05, 0.1) is 0 Å². The van der Waals surface area contributed by atoms with E-state index in [1.807, 2.05) is 30.9 Å². The summed E-state index contributed by atoms with van der Waals surface area (Å²) in [4.78, 5) is 25.6. The highest BCUT2D eigenvalue weighted by Gasteiger charge is 2.19. The van der Waals surface area contributed by atoms with Crippen LogP contribution in [0.5, 0.6) is 0 Å². The molecule has 1 atom stereocenters. The van der Waals surface area contributed by atoms with Crippen molar-refractivity contribution in [2.24, 2.45) is 0 Å². The molecule has 0 fully saturated rings. The fourth-order valence-electron chi connectivity index (χ4n) is 1.20. The van der Waals surface area contributed by atoms with E-state index in [-0.39, 0.29) is 5.91 Å². The summed E-state index contributed by atoms with van der Waals surface area (Å²) < 4.78 is 0. The topological polar surface area (TPSA) is 72.9 Å². The Morgan fingerprint density at radius 3 is 2.19 bits per heavy atom. The quantitative estimate of drug-likeness (QED) is 0.592. The van der Waals surface area contributed by atoms with Crippen LogP contribution in [0.2, 0.25) is 0 Å². The Labute approximate surface area is 96.2 Å². The molecule has 1 unspecified atom stereocenters. The highest BCUT2D eigenvalue weighted by Crippen LogP contribution is 1.91. The lowest BCUT2D eigenvalue weighted by Gasteiger charge is -2.23. The van der Waals surface area contributed by atoms with Gasteiger partial charge in [0.1, 0.15) is 6.04 Å². The van der Waals surface area contributed by atoms with E-state index >= 15 is 0 Å². The highest BCUT2D eigenvalue weighted by molar-refractivity contribution is 5.82. The van der Waals surface area contributed by atoms with Crippen molar-refractivity contribution in [3.63, 3.8) is 0 Å². The first-order chi connectivity index (χ1) is 7.32. The first kappa shape index (κ1) is 14.9. The summed E-state index contributed by atoms with van der Waals surface area (Å²) in [6, 6.07) is -0.843. The van der Waals surface area contributed by atoms with Gasteiger partial charge in [0.15, 0.2) is 0 Å². The number of carboxylic acid groups (broad SMARTS) is 1. The number of nitrogens with one attached hydrogen (secondary N) is 1. The molecule has 0 radical (unpaired) electrons. The highest BCUT2D eigenvalue weighted by atomic mass is 16.4. The molecule has 0 aromatic heterocycles. The second-order valence-electron chi connectivity index (χ2n) is 4.16. The number of carboxylic acids is 1. The number of carbonyl (C=O) groups is 2. The van der Waals surface area contributed by atoms with Gasteiger partial charge >= 0.3 is 5.97 Å². The molecule has 0 heterocycles. The summed E-state index contributed by atoms with van der Waals surface area (Å²) in [5, 5.41) is 11.3. The van der Waals surface area contributed by atoms with Crippen LogP contribution >= 0.6 is 0 Å². The Kier molecular flexibility index (Phi) is 6.67. The average Bonchev–Trinajstić information content (AvgIpc) is 2.12. The average molecular weight is 231 g/mol. The Morgan fingerprint density at radius 1 is 1.25 bits per heavy atom. The molecule has 1 amide bonds. The number of hydrogen-bond donors (Lipinski definition) is 2. The molecule has 6 nitrogen and oxygen atoms in total. The van der Waals surface area contributed by atoms with Crippen molar-refractivity contribution in [3.05, 3.63) is 0 Å². The van der Waals surface area contributed by atoms with Gasteiger partial charge in [-0.15, -0.1) is 0 Å². The van der Waals surface area contributed by atoms with E-state index < -0.39 is 12.0 Å². The van der Waals surface area contributed by atoms with Crippen LogP contribution in [0.4, 0.5) is 0 Å². The van der Waals surface area contributed by atoms with Gasteiger partial charge in [-0.3, -0.25) is 4.79 Å². The first-order valence-corrected chi connectivity index (χ1v) is 5.16. The lowest BCUT2D eigenvalue weighted by Crippen LogP contribution is -2.47. The maximum absolute atomic E-state index is 10.9. The number of nitrogens with zero attached hydrogens (tertiary/aromatic N) is 2. The molecule has 16 heavy (non-hydrogen) atoms. The van der Waals surface area contributed by atoms with Gasteiger partial charge in [-0.2, -0.15) is 0 Å². The number of carbonyl (C=O) groups excluding carboxylic acids is 1. The normalized spacial score (nSPS) is 12.9. The third-order valence-electron chi connectivity index (χ3n) is 2.10. The van der Waals surface area contributed by atoms with E-state index in [1.165, 1.54) is 6.92 Å². The summed E-state index contributed by atoms with van der Waals surface area (Å²) in [6.45, 7) is 3.23. The molecule has 0 saturated carbocycles. The smallest absolute Gasteiger partial charge is 0.327 e. The number of amides is 1. The van der Waals surface area contributed by atoms with Crippen molar-refractivity contribution in [2.75, 3.05) is 40.8 Å². The van der Waals surface area contributed by atoms with Crippen LogP contribution in [0.25, 0.3) is 0 Å². The predicted octanol–water partition coefficient (Wildman–Crippen LogP) is -0.931. The number of likely N-dealkylation sites (N-methyl/N-ethyl adjacent to an activating group) is 2. The van der Waals surface area contributed by atoms with E-state index in [9.17, 15) is 9.59 Å². The molecule has 0 aliphatic rings. The second kappa shape index (κ2) is 7.19. The summed E-state index contributed by atoms with van der Waals surface area (Å²) >= 11 is 0. The molecule has 0 aliphatic carbocycles. The van der Waals surface area contributed by atoms with Gasteiger partial charge in [0.2, 0.25) is 5.91 Å². The third kappa shape index (κ3) is 7.19. The molecule has 0 rings (SSSR count). The third-order valence-corrected chi connectivity index (χ3v) is 2.10. The number of rotatable bonds is 7. The summed E-state index contributed by atoms with van der Waals surface area (Å²) in [6.07, 6.45) is 0. The van der Waals surface area contributed by atoms with E-state index in [2.05, 4.69) is 5.32 Å². The van der Waals surface area contributed by atoms with Crippen molar-refractivity contribution in [1.82, 2.24) is 15.1 Å². The van der Waals surface area contributed by atoms with Crippen LogP contribution in [-0.4, -0.2) is 73.6 Å². The summed E-state index contributed by atoms with van der Waals surface area (Å²) in [5.74, 6) is -1.33. The number of hydrogen-bond acceptors (Lipinski definition) is 4. The van der Waals surface area contributed by atoms with Gasteiger partial charge in [0.25, 0.3) is 0 Å². The van der Waals surface area contributed by atoms with Gasteiger partial charge in [0, 0.05) is 26.6 Å². The van der Waals surface area contributed by atoms with E-state index in [0.29, 0.717) is 6.54 Å². The fraction of sp³-hybridized carbons (Fsp3) is 0.800. The zero-order chi connectivity index (χ0) is 12.7. The summed E-state index contributed by atoms with van der Waals surface area (Å²) in [5.41, 5.74) is 0. The maximum atomic E-state index is 10.9. The first-order valence-electron chi connectivity index (χ1n) is 5.16. The zero-order valence-electron chi connectivity index (χ0n) is 10.4. The van der Waals surface area contributed by atoms with Gasteiger partial charge in [-0.05, 0) is 21.1 Å². The lowest BCUT2D eigenvalue weighted by molar-refractivity contribution is -0.142. The molecule has 6 heteroatoms. The molecule has 0 bridgehead atoms. The summed E-state index contributed by atoms with van der Waals surface area (Å²) in [7, 11) is 5.74. The minimum absolute atomic E-state index is 0.308. The van der Waals surface area contributed by atoms with E-state index in [0.717, 1.165) is 13.1 Å². The van der Waals surface area contributed by atoms with Crippen LogP contribution in [0.3, 0.4) is 0 Å². The van der Waals surface area contributed by atoms with Crippen molar-refractivity contribution >= 4 is 11.9 Å². The maximum Gasteiger partial charge on any atom is 0.327 e. The van der Waals surface area contributed by atoms with Crippen LogP contribution in [-0.2, 0) is 9.59 Å². The fourth-order valence-corrected chi connectivity index (χ4v) is 1.20.